The molecule has 0 unspecified atom stereocenters. The van der Waals surface area contributed by atoms with Gasteiger partial charge in [0.2, 0.25) is 5.91 Å². The van der Waals surface area contributed by atoms with Crippen LogP contribution in [-0.4, -0.2) is 22.7 Å². The summed E-state index contributed by atoms with van der Waals surface area (Å²) in [7, 11) is 1.74. The number of hydrogen-bond donors (Lipinski definition) is 1. The highest BCUT2D eigenvalue weighted by Crippen LogP contribution is 2.44. The van der Waals surface area contributed by atoms with Gasteiger partial charge in [0.05, 0.1) is 29.8 Å². The third-order valence-corrected chi connectivity index (χ3v) is 7.05. The quantitative estimate of drug-likeness (QED) is 0.659. The summed E-state index contributed by atoms with van der Waals surface area (Å²) in [5.74, 6) is -0.106. The molecule has 1 N–H and O–H groups in total. The maximum atomic E-state index is 12.6. The second-order valence-electron chi connectivity index (χ2n) is 7.92. The number of nitriles is 1. The van der Waals surface area contributed by atoms with Crippen LogP contribution in [0.15, 0.2) is 46.3 Å². The number of rotatable bonds is 4. The van der Waals surface area contributed by atoms with Crippen molar-refractivity contribution in [3.8, 4) is 16.5 Å². The number of fused-ring (bicyclic) bond motifs is 3. The fourth-order valence-electron chi connectivity index (χ4n) is 4.02. The molecule has 32 heavy (non-hydrogen) atoms. The van der Waals surface area contributed by atoms with E-state index in [9.17, 15) is 14.9 Å². The Morgan fingerprint density at radius 2 is 2.00 bits per heavy atom. The van der Waals surface area contributed by atoms with E-state index in [2.05, 4.69) is 25.2 Å². The Balaban J connectivity index is 2.01. The number of nitrogens with zero attached hydrogens (tertiary/aromatic N) is 3. The Morgan fingerprint density at radius 3 is 2.66 bits per heavy atom. The Bertz CT molecular complexity index is 1340. The van der Waals surface area contributed by atoms with Gasteiger partial charge in [0, 0.05) is 52.3 Å². The minimum absolute atomic E-state index is 0.106. The van der Waals surface area contributed by atoms with Gasteiger partial charge in [-0.3, -0.25) is 14.6 Å². The molecule has 3 aromatic rings. The first-order chi connectivity index (χ1) is 15.3. The number of pyridine rings is 1. The van der Waals surface area contributed by atoms with Crippen molar-refractivity contribution in [2.75, 3.05) is 6.54 Å². The number of aromatic nitrogens is 1. The van der Waals surface area contributed by atoms with Crippen LogP contribution in [0.2, 0.25) is 0 Å². The van der Waals surface area contributed by atoms with Gasteiger partial charge in [0.15, 0.2) is 0 Å². The normalized spacial score (nSPS) is 14.6. The fraction of sp³-hybridized carbons (Fsp3) is 0.280. The summed E-state index contributed by atoms with van der Waals surface area (Å²) in [5, 5.41) is 12.0. The predicted octanol–water partition coefficient (Wildman–Crippen LogP) is 4.02. The average molecular weight is 445 g/mol. The SMILES string of the molecule is CCNC(=O)C[C@H]1N=C(c2ccc(C#N)cc2)c2c(sc(C)c2C)-c2cn(C)c(=O)cc21. The van der Waals surface area contributed by atoms with Crippen molar-refractivity contribution in [1.29, 1.82) is 5.26 Å². The molecule has 0 spiro atoms. The number of nitrogens with one attached hydrogen (secondary N) is 1. The molecule has 162 valence electrons. The lowest BCUT2D eigenvalue weighted by atomic mass is 9.95. The Labute approximate surface area is 190 Å². The third-order valence-electron chi connectivity index (χ3n) is 5.81. The largest absolute Gasteiger partial charge is 0.356 e. The summed E-state index contributed by atoms with van der Waals surface area (Å²) >= 11 is 1.68. The highest BCUT2D eigenvalue weighted by Gasteiger charge is 2.30. The first-order valence-corrected chi connectivity index (χ1v) is 11.3. The van der Waals surface area contributed by atoms with E-state index < -0.39 is 6.04 Å². The van der Waals surface area contributed by atoms with Gasteiger partial charge in [-0.25, -0.2) is 0 Å². The molecular weight excluding hydrogens is 420 g/mol. The van der Waals surface area contributed by atoms with E-state index in [-0.39, 0.29) is 17.9 Å². The highest BCUT2D eigenvalue weighted by atomic mass is 32.1. The van der Waals surface area contributed by atoms with Crippen molar-refractivity contribution >= 4 is 23.0 Å². The second kappa shape index (κ2) is 8.56. The topological polar surface area (TPSA) is 87.2 Å². The van der Waals surface area contributed by atoms with Crippen LogP contribution in [0, 0.1) is 25.2 Å². The van der Waals surface area contributed by atoms with Gasteiger partial charge in [-0.15, -0.1) is 11.3 Å². The van der Waals surface area contributed by atoms with E-state index in [0.29, 0.717) is 12.1 Å². The molecule has 1 aliphatic rings. The van der Waals surface area contributed by atoms with Gasteiger partial charge < -0.3 is 9.88 Å². The van der Waals surface area contributed by atoms with Gasteiger partial charge in [0.25, 0.3) is 5.56 Å². The lowest BCUT2D eigenvalue weighted by molar-refractivity contribution is -0.121. The molecule has 7 heteroatoms. The van der Waals surface area contributed by atoms with Crippen LogP contribution >= 0.6 is 11.3 Å². The molecular formula is C25H24N4O2S. The zero-order valence-electron chi connectivity index (χ0n) is 18.5. The van der Waals surface area contributed by atoms with Crippen LogP contribution in [-0.2, 0) is 11.8 Å². The van der Waals surface area contributed by atoms with Crippen LogP contribution in [0.1, 0.15) is 52.1 Å². The number of benzene rings is 1. The summed E-state index contributed by atoms with van der Waals surface area (Å²) < 4.78 is 1.57. The zero-order valence-corrected chi connectivity index (χ0v) is 19.3. The zero-order chi connectivity index (χ0) is 23.0. The van der Waals surface area contributed by atoms with Crippen LogP contribution in [0.5, 0.6) is 0 Å². The van der Waals surface area contributed by atoms with Crippen molar-refractivity contribution in [1.82, 2.24) is 9.88 Å². The van der Waals surface area contributed by atoms with E-state index in [4.69, 9.17) is 4.99 Å². The van der Waals surface area contributed by atoms with E-state index in [0.717, 1.165) is 38.4 Å². The molecule has 0 radical (unpaired) electrons. The molecule has 3 heterocycles. The first-order valence-electron chi connectivity index (χ1n) is 10.5. The lowest BCUT2D eigenvalue weighted by Gasteiger charge is -2.16. The Kier molecular flexibility index (Phi) is 5.81. The van der Waals surface area contributed by atoms with E-state index >= 15 is 0 Å². The summed E-state index contributed by atoms with van der Waals surface area (Å²) in [5.41, 5.74) is 5.97. The summed E-state index contributed by atoms with van der Waals surface area (Å²) in [4.78, 5) is 32.4. The fourth-order valence-corrected chi connectivity index (χ4v) is 5.22. The summed E-state index contributed by atoms with van der Waals surface area (Å²) in [6.45, 7) is 6.57. The second-order valence-corrected chi connectivity index (χ2v) is 9.14. The number of aryl methyl sites for hydroxylation is 2. The molecule has 0 bridgehead atoms. The van der Waals surface area contributed by atoms with Crippen molar-refractivity contribution in [2.45, 2.75) is 33.2 Å². The first kappa shape index (κ1) is 21.7. The molecule has 0 aliphatic carbocycles. The lowest BCUT2D eigenvalue weighted by Crippen LogP contribution is -2.25. The predicted molar refractivity (Wildman–Crippen MR) is 127 cm³/mol. The maximum Gasteiger partial charge on any atom is 0.250 e. The number of aliphatic imine (C=N–C) groups is 1. The van der Waals surface area contributed by atoms with Gasteiger partial charge in [-0.2, -0.15) is 5.26 Å². The van der Waals surface area contributed by atoms with Crippen molar-refractivity contribution in [3.05, 3.63) is 79.6 Å². The minimum atomic E-state index is -0.490. The molecule has 1 aliphatic heterocycles. The monoisotopic (exact) mass is 444 g/mol. The molecule has 1 atom stereocenters. The Hall–Kier alpha value is -3.50. The standard InChI is InChI=1S/C25H24N4O2S/c1-5-27-21(30)11-20-18-10-22(31)29(4)13-19(18)25-23(14(2)15(3)32-25)24(28-20)17-8-6-16(12-26)7-9-17/h6-10,13,20H,5,11H2,1-4H3,(H,27,30)/t20-/m1/s1. The molecule has 0 saturated heterocycles. The molecule has 0 saturated carbocycles. The van der Waals surface area contributed by atoms with Gasteiger partial charge in [-0.1, -0.05) is 12.1 Å². The van der Waals surface area contributed by atoms with Crippen LogP contribution in [0.3, 0.4) is 0 Å². The summed E-state index contributed by atoms with van der Waals surface area (Å²) in [6.07, 6.45) is 2.01. The molecule has 1 aromatic carbocycles. The van der Waals surface area contributed by atoms with E-state index in [1.54, 1.807) is 41.2 Å². The number of carbonyl (C=O) groups excluding carboxylic acids is 1. The number of carbonyl (C=O) groups is 1. The molecule has 6 nitrogen and oxygen atoms in total. The highest BCUT2D eigenvalue weighted by molar-refractivity contribution is 7.16. The molecule has 1 amide bonds. The summed E-state index contributed by atoms with van der Waals surface area (Å²) in [6, 6.07) is 10.6. The van der Waals surface area contributed by atoms with Gasteiger partial charge >= 0.3 is 0 Å². The van der Waals surface area contributed by atoms with Gasteiger partial charge in [0.1, 0.15) is 0 Å². The van der Waals surface area contributed by atoms with Crippen LogP contribution in [0.4, 0.5) is 0 Å². The molecule has 0 fully saturated rings. The third kappa shape index (κ3) is 3.78. The van der Waals surface area contributed by atoms with E-state index in [1.165, 1.54) is 4.88 Å². The Morgan fingerprint density at radius 1 is 1.28 bits per heavy atom. The van der Waals surface area contributed by atoms with Crippen molar-refractivity contribution in [2.24, 2.45) is 12.0 Å². The minimum Gasteiger partial charge on any atom is -0.356 e. The smallest absolute Gasteiger partial charge is 0.250 e. The molecule has 2 aromatic heterocycles. The van der Waals surface area contributed by atoms with E-state index in [1.807, 2.05) is 25.3 Å². The number of hydrogen-bond acceptors (Lipinski definition) is 5. The maximum absolute atomic E-state index is 12.6. The van der Waals surface area contributed by atoms with Crippen molar-refractivity contribution < 1.29 is 4.79 Å². The molecule has 4 rings (SSSR count). The van der Waals surface area contributed by atoms with Crippen LogP contribution in [0.25, 0.3) is 10.4 Å². The van der Waals surface area contributed by atoms with Gasteiger partial charge in [-0.05, 0) is 44.0 Å². The average Bonchev–Trinajstić information content (AvgIpc) is 3.00. The van der Waals surface area contributed by atoms with Crippen molar-refractivity contribution in [3.63, 3.8) is 0 Å². The number of amides is 1. The van der Waals surface area contributed by atoms with Crippen LogP contribution < -0.4 is 10.9 Å². The number of thiophene rings is 1.